The molecule has 2 aliphatic heterocycles. The molecule has 1 fully saturated rings. The van der Waals surface area contributed by atoms with Gasteiger partial charge in [-0.2, -0.15) is 0 Å². The fourth-order valence-electron chi connectivity index (χ4n) is 3.51. The number of rotatable bonds is 4. The highest BCUT2D eigenvalue weighted by atomic mass is 19.4. The highest BCUT2D eigenvalue weighted by Crippen LogP contribution is 2.33. The number of amides is 1. The van der Waals surface area contributed by atoms with Crippen molar-refractivity contribution < 1.29 is 22.7 Å². The highest BCUT2D eigenvalue weighted by molar-refractivity contribution is 5.98. The molecule has 138 valence electrons. The third-order valence-corrected chi connectivity index (χ3v) is 4.59. The second-order valence-electron chi connectivity index (χ2n) is 6.49. The Labute approximate surface area is 144 Å². The minimum Gasteiger partial charge on any atom is -0.406 e. The number of benzene rings is 1. The predicted molar refractivity (Wildman–Crippen MR) is 87.2 cm³/mol. The maximum absolute atomic E-state index is 12.8. The van der Waals surface area contributed by atoms with Gasteiger partial charge in [-0.05, 0) is 49.4 Å². The van der Waals surface area contributed by atoms with Gasteiger partial charge in [0.1, 0.15) is 11.8 Å². The zero-order valence-electron chi connectivity index (χ0n) is 14.0. The molecule has 0 spiro atoms. The van der Waals surface area contributed by atoms with Crippen molar-refractivity contribution in [2.24, 2.45) is 0 Å². The molecule has 0 aliphatic carbocycles. The lowest BCUT2D eigenvalue weighted by Gasteiger charge is -2.31. The zero-order chi connectivity index (χ0) is 18.0. The number of fused-ring (bicyclic) bond motifs is 1. The molecule has 0 radical (unpaired) electrons. The monoisotopic (exact) mass is 357 g/mol. The van der Waals surface area contributed by atoms with Gasteiger partial charge in [0.05, 0.1) is 0 Å². The van der Waals surface area contributed by atoms with Gasteiger partial charge < -0.3 is 9.64 Å². The normalized spacial score (nSPS) is 23.4. The van der Waals surface area contributed by atoms with Crippen LogP contribution in [0.25, 0.3) is 0 Å². The molecule has 2 aliphatic rings. The summed E-state index contributed by atoms with van der Waals surface area (Å²) in [7, 11) is 0. The predicted octanol–water partition coefficient (Wildman–Crippen LogP) is 2.90. The van der Waals surface area contributed by atoms with E-state index in [4.69, 9.17) is 0 Å². The van der Waals surface area contributed by atoms with Gasteiger partial charge in [-0.15, -0.1) is 13.2 Å². The van der Waals surface area contributed by atoms with Crippen LogP contribution >= 0.6 is 0 Å². The molecule has 2 N–H and O–H groups in total. The van der Waals surface area contributed by atoms with Crippen LogP contribution in [0.2, 0.25) is 0 Å². The maximum atomic E-state index is 12.8. The van der Waals surface area contributed by atoms with E-state index in [-0.39, 0.29) is 23.7 Å². The number of halogens is 3. The van der Waals surface area contributed by atoms with Crippen LogP contribution in [0, 0.1) is 0 Å². The van der Waals surface area contributed by atoms with E-state index in [0.717, 1.165) is 12.8 Å². The van der Waals surface area contributed by atoms with E-state index in [2.05, 4.69) is 22.5 Å². The molecule has 1 aromatic carbocycles. The Kier molecular flexibility index (Phi) is 5.19. The number of carbonyl (C=O) groups is 1. The maximum Gasteiger partial charge on any atom is 0.573 e. The summed E-state index contributed by atoms with van der Waals surface area (Å²) in [4.78, 5) is 14.5. The average Bonchev–Trinajstić information content (AvgIpc) is 3.01. The van der Waals surface area contributed by atoms with E-state index in [1.807, 2.05) is 0 Å². The third kappa shape index (κ3) is 4.24. The quantitative estimate of drug-likeness (QED) is 0.870. The molecular weight excluding hydrogens is 335 g/mol. The van der Waals surface area contributed by atoms with Gasteiger partial charge in [-0.1, -0.05) is 13.3 Å². The summed E-state index contributed by atoms with van der Waals surface area (Å²) in [5, 5.41) is 0. The van der Waals surface area contributed by atoms with Crippen molar-refractivity contribution in [3.8, 4) is 5.75 Å². The van der Waals surface area contributed by atoms with Crippen LogP contribution in [-0.2, 0) is 11.2 Å². The van der Waals surface area contributed by atoms with Crippen molar-refractivity contribution in [3.63, 3.8) is 0 Å². The number of nitrogens with one attached hydrogen (secondary N) is 2. The highest BCUT2D eigenvalue weighted by Gasteiger charge is 2.35. The molecule has 2 atom stereocenters. The molecule has 2 unspecified atom stereocenters. The van der Waals surface area contributed by atoms with E-state index < -0.39 is 6.36 Å². The van der Waals surface area contributed by atoms with E-state index in [9.17, 15) is 18.0 Å². The smallest absolute Gasteiger partial charge is 0.406 e. The Hall–Kier alpha value is -1.80. The molecule has 0 saturated carbocycles. The lowest BCUT2D eigenvalue weighted by molar-refractivity contribution is -0.274. The zero-order valence-corrected chi connectivity index (χ0v) is 14.0. The van der Waals surface area contributed by atoms with Gasteiger partial charge in [0.25, 0.3) is 0 Å². The van der Waals surface area contributed by atoms with E-state index in [0.29, 0.717) is 37.1 Å². The second-order valence-corrected chi connectivity index (χ2v) is 6.49. The first-order chi connectivity index (χ1) is 11.9. The van der Waals surface area contributed by atoms with Crippen molar-refractivity contribution in [3.05, 3.63) is 23.8 Å². The molecule has 1 aromatic rings. The standard InChI is InChI=1S/C17H22F3N3O2/c1-2-4-12-10-14(22-21-12)16(24)23-8-3-5-11-9-13(6-7-15(11)23)25-17(18,19)20/h6-7,9,12,14,21-22H,2-5,8,10H2,1H3. The van der Waals surface area contributed by atoms with Gasteiger partial charge in [0, 0.05) is 18.3 Å². The number of hydrogen-bond acceptors (Lipinski definition) is 4. The Morgan fingerprint density at radius 2 is 2.16 bits per heavy atom. The summed E-state index contributed by atoms with van der Waals surface area (Å²) in [6.07, 6.45) is -0.629. The second kappa shape index (κ2) is 7.21. The first-order valence-electron chi connectivity index (χ1n) is 8.58. The molecule has 5 nitrogen and oxygen atoms in total. The summed E-state index contributed by atoms with van der Waals surface area (Å²) in [6.45, 7) is 2.67. The fourth-order valence-corrected chi connectivity index (χ4v) is 3.51. The van der Waals surface area contributed by atoms with Crippen molar-refractivity contribution in [2.75, 3.05) is 11.4 Å². The summed E-state index contributed by atoms with van der Waals surface area (Å²) < 4.78 is 41.1. The fraction of sp³-hybridized carbons (Fsp3) is 0.588. The largest absolute Gasteiger partial charge is 0.573 e. The summed E-state index contributed by atoms with van der Waals surface area (Å²) in [5.41, 5.74) is 7.57. The number of nitrogens with zero attached hydrogens (tertiary/aromatic N) is 1. The molecular formula is C17H22F3N3O2. The van der Waals surface area contributed by atoms with E-state index >= 15 is 0 Å². The van der Waals surface area contributed by atoms with Gasteiger partial charge >= 0.3 is 6.36 Å². The van der Waals surface area contributed by atoms with Crippen LogP contribution in [0.5, 0.6) is 5.75 Å². The third-order valence-electron chi connectivity index (χ3n) is 4.59. The van der Waals surface area contributed by atoms with Crippen LogP contribution in [0.15, 0.2) is 18.2 Å². The molecule has 25 heavy (non-hydrogen) atoms. The number of hydrogen-bond donors (Lipinski definition) is 2. The van der Waals surface area contributed by atoms with Crippen LogP contribution in [-0.4, -0.2) is 30.9 Å². The molecule has 1 amide bonds. The number of ether oxygens (including phenoxy) is 1. The van der Waals surface area contributed by atoms with Crippen molar-refractivity contribution in [2.45, 2.75) is 57.5 Å². The van der Waals surface area contributed by atoms with Crippen molar-refractivity contribution in [1.82, 2.24) is 10.9 Å². The van der Waals surface area contributed by atoms with E-state index in [1.54, 1.807) is 11.0 Å². The van der Waals surface area contributed by atoms with Gasteiger partial charge in [-0.25, -0.2) is 5.43 Å². The molecule has 2 heterocycles. The molecule has 0 aromatic heterocycles. The number of hydrazine groups is 1. The summed E-state index contributed by atoms with van der Waals surface area (Å²) >= 11 is 0. The summed E-state index contributed by atoms with van der Waals surface area (Å²) in [5.74, 6) is -0.291. The topological polar surface area (TPSA) is 53.6 Å². The van der Waals surface area contributed by atoms with Crippen LogP contribution in [0.3, 0.4) is 0 Å². The van der Waals surface area contributed by atoms with Gasteiger partial charge in [-0.3, -0.25) is 10.2 Å². The van der Waals surface area contributed by atoms with Crippen molar-refractivity contribution >= 4 is 11.6 Å². The first-order valence-corrected chi connectivity index (χ1v) is 8.58. The van der Waals surface area contributed by atoms with Gasteiger partial charge in [0.2, 0.25) is 5.91 Å². The number of aryl methyl sites for hydroxylation is 1. The number of carbonyl (C=O) groups excluding carboxylic acids is 1. The molecule has 3 rings (SSSR count). The molecule has 1 saturated heterocycles. The average molecular weight is 357 g/mol. The lowest BCUT2D eigenvalue weighted by Crippen LogP contribution is -2.47. The number of alkyl halides is 3. The van der Waals surface area contributed by atoms with Gasteiger partial charge in [0.15, 0.2) is 0 Å². The molecule has 0 bridgehead atoms. The minimum absolute atomic E-state index is 0.0449. The summed E-state index contributed by atoms with van der Waals surface area (Å²) in [6, 6.07) is 4.14. The Morgan fingerprint density at radius 1 is 1.36 bits per heavy atom. The molecule has 8 heteroatoms. The SMILES string of the molecule is CCCC1CC(C(=O)N2CCCc3cc(OC(F)(F)F)ccc32)NN1. The minimum atomic E-state index is -4.72. The first kappa shape index (κ1) is 18.0. The lowest BCUT2D eigenvalue weighted by atomic mass is 9.99. The van der Waals surface area contributed by atoms with E-state index in [1.165, 1.54) is 12.1 Å². The Bertz CT molecular complexity index is 636. The Morgan fingerprint density at radius 3 is 2.88 bits per heavy atom. The Balaban J connectivity index is 1.74. The van der Waals surface area contributed by atoms with Crippen LogP contribution < -0.4 is 20.5 Å². The van der Waals surface area contributed by atoms with Crippen LogP contribution in [0.4, 0.5) is 18.9 Å². The van der Waals surface area contributed by atoms with Crippen molar-refractivity contribution in [1.29, 1.82) is 0 Å². The number of anilines is 1. The van der Waals surface area contributed by atoms with Crippen LogP contribution in [0.1, 0.15) is 38.2 Å².